The van der Waals surface area contributed by atoms with Crippen molar-refractivity contribution in [2.45, 2.75) is 26.4 Å². The Morgan fingerprint density at radius 3 is 2.89 bits per heavy atom. The highest BCUT2D eigenvalue weighted by atomic mass is 32.1. The lowest BCUT2D eigenvalue weighted by Gasteiger charge is -2.12. The standard InChI is InChI=1S/C14H14N2O2S/c1-2-12-8-19-14(15-12)16-6-10-4-3-9(13(17)18)5-11(10)7-16/h3-5,8H,2,6-7H2,1H3,(H,17,18). The van der Waals surface area contributed by atoms with Gasteiger partial charge >= 0.3 is 5.97 Å². The zero-order chi connectivity index (χ0) is 13.4. The summed E-state index contributed by atoms with van der Waals surface area (Å²) in [6.45, 7) is 3.65. The van der Waals surface area contributed by atoms with Crippen LogP contribution >= 0.6 is 11.3 Å². The fraction of sp³-hybridized carbons (Fsp3) is 0.286. The molecule has 19 heavy (non-hydrogen) atoms. The van der Waals surface area contributed by atoms with E-state index >= 15 is 0 Å². The van der Waals surface area contributed by atoms with Gasteiger partial charge in [0, 0.05) is 18.5 Å². The molecule has 0 unspecified atom stereocenters. The molecule has 0 aliphatic carbocycles. The Kier molecular flexibility index (Phi) is 2.98. The minimum Gasteiger partial charge on any atom is -0.478 e. The topological polar surface area (TPSA) is 53.4 Å². The molecule has 0 spiro atoms. The number of rotatable bonds is 3. The zero-order valence-corrected chi connectivity index (χ0v) is 11.4. The second kappa shape index (κ2) is 4.66. The number of hydrogen-bond donors (Lipinski definition) is 1. The van der Waals surface area contributed by atoms with Crippen LogP contribution in [0.3, 0.4) is 0 Å². The molecule has 1 N–H and O–H groups in total. The number of benzene rings is 1. The Hall–Kier alpha value is -1.88. The highest BCUT2D eigenvalue weighted by Gasteiger charge is 2.22. The third-order valence-corrected chi connectivity index (χ3v) is 4.30. The SMILES string of the molecule is CCc1csc(N2Cc3ccc(C(=O)O)cc3C2)n1. The van der Waals surface area contributed by atoms with Crippen molar-refractivity contribution in [1.29, 1.82) is 0 Å². The monoisotopic (exact) mass is 274 g/mol. The van der Waals surface area contributed by atoms with Gasteiger partial charge in [0.15, 0.2) is 5.13 Å². The van der Waals surface area contributed by atoms with E-state index in [-0.39, 0.29) is 0 Å². The van der Waals surface area contributed by atoms with Gasteiger partial charge in [-0.2, -0.15) is 0 Å². The van der Waals surface area contributed by atoms with E-state index in [2.05, 4.69) is 22.2 Å². The third kappa shape index (κ3) is 2.21. The van der Waals surface area contributed by atoms with E-state index in [9.17, 15) is 4.79 Å². The van der Waals surface area contributed by atoms with Gasteiger partial charge in [0.05, 0.1) is 11.3 Å². The van der Waals surface area contributed by atoms with Crippen molar-refractivity contribution >= 4 is 22.4 Å². The molecule has 98 valence electrons. The largest absolute Gasteiger partial charge is 0.478 e. The average molecular weight is 274 g/mol. The van der Waals surface area contributed by atoms with Crippen LogP contribution in [0, 0.1) is 0 Å². The number of aryl methyl sites for hydroxylation is 1. The maximum absolute atomic E-state index is 11.0. The van der Waals surface area contributed by atoms with E-state index < -0.39 is 5.97 Å². The molecule has 1 aromatic heterocycles. The predicted molar refractivity (Wildman–Crippen MR) is 74.8 cm³/mol. The van der Waals surface area contributed by atoms with E-state index in [1.165, 1.54) is 5.56 Å². The lowest BCUT2D eigenvalue weighted by molar-refractivity contribution is 0.0697. The first kappa shape index (κ1) is 12.2. The number of carboxylic acids is 1. The first-order chi connectivity index (χ1) is 9.17. The molecule has 1 aliphatic heterocycles. The number of fused-ring (bicyclic) bond motifs is 1. The molecule has 0 saturated heterocycles. The van der Waals surface area contributed by atoms with Gasteiger partial charge in [0.25, 0.3) is 0 Å². The van der Waals surface area contributed by atoms with Gasteiger partial charge in [-0.15, -0.1) is 11.3 Å². The minimum atomic E-state index is -0.872. The van der Waals surface area contributed by atoms with E-state index in [4.69, 9.17) is 5.11 Å². The molecule has 3 rings (SSSR count). The molecule has 1 aromatic carbocycles. The van der Waals surface area contributed by atoms with E-state index in [0.29, 0.717) is 5.56 Å². The summed E-state index contributed by atoms with van der Waals surface area (Å²) in [5.74, 6) is -0.872. The molecule has 2 heterocycles. The molecule has 0 saturated carbocycles. The lowest BCUT2D eigenvalue weighted by Crippen LogP contribution is -2.14. The highest BCUT2D eigenvalue weighted by Crippen LogP contribution is 2.31. The Bertz CT molecular complexity index is 636. The van der Waals surface area contributed by atoms with Crippen molar-refractivity contribution in [2.75, 3.05) is 4.90 Å². The number of aromatic nitrogens is 1. The second-order valence-electron chi connectivity index (χ2n) is 4.62. The number of aromatic carboxylic acids is 1. The molecule has 0 amide bonds. The average Bonchev–Trinajstić information content (AvgIpc) is 3.03. The van der Waals surface area contributed by atoms with Crippen LogP contribution in [-0.2, 0) is 19.5 Å². The summed E-state index contributed by atoms with van der Waals surface area (Å²) in [6.07, 6.45) is 0.945. The van der Waals surface area contributed by atoms with Gasteiger partial charge < -0.3 is 10.0 Å². The summed E-state index contributed by atoms with van der Waals surface area (Å²) in [5.41, 5.74) is 3.75. The van der Waals surface area contributed by atoms with Crippen LogP contribution < -0.4 is 4.90 Å². The second-order valence-corrected chi connectivity index (χ2v) is 5.46. The van der Waals surface area contributed by atoms with E-state index in [1.807, 2.05) is 6.07 Å². The Morgan fingerprint density at radius 1 is 1.42 bits per heavy atom. The number of thiazole rings is 1. The van der Waals surface area contributed by atoms with Crippen molar-refractivity contribution in [2.24, 2.45) is 0 Å². The maximum atomic E-state index is 11.0. The van der Waals surface area contributed by atoms with Crippen LogP contribution in [0.5, 0.6) is 0 Å². The van der Waals surface area contributed by atoms with Crippen molar-refractivity contribution in [3.05, 3.63) is 46.0 Å². The Labute approximate surface area is 115 Å². The quantitative estimate of drug-likeness (QED) is 0.935. The summed E-state index contributed by atoms with van der Waals surface area (Å²) < 4.78 is 0. The van der Waals surface area contributed by atoms with Crippen LogP contribution in [0.1, 0.15) is 34.1 Å². The van der Waals surface area contributed by atoms with Gasteiger partial charge in [-0.05, 0) is 29.7 Å². The first-order valence-electron chi connectivity index (χ1n) is 6.22. The molecule has 4 nitrogen and oxygen atoms in total. The minimum absolute atomic E-state index is 0.356. The van der Waals surface area contributed by atoms with Gasteiger partial charge in [-0.1, -0.05) is 13.0 Å². The van der Waals surface area contributed by atoms with Crippen LogP contribution in [0.25, 0.3) is 0 Å². The summed E-state index contributed by atoms with van der Waals surface area (Å²) >= 11 is 1.65. The molecule has 1 aliphatic rings. The molecular weight excluding hydrogens is 260 g/mol. The normalized spacial score (nSPS) is 13.6. The lowest BCUT2D eigenvalue weighted by atomic mass is 10.1. The van der Waals surface area contributed by atoms with Gasteiger partial charge in [0.2, 0.25) is 0 Å². The summed E-state index contributed by atoms with van der Waals surface area (Å²) in [6, 6.07) is 5.35. The van der Waals surface area contributed by atoms with Gasteiger partial charge in [-0.3, -0.25) is 0 Å². The molecule has 2 aromatic rings. The number of hydrogen-bond acceptors (Lipinski definition) is 4. The Morgan fingerprint density at radius 2 is 2.21 bits per heavy atom. The molecule has 5 heteroatoms. The number of anilines is 1. The van der Waals surface area contributed by atoms with Gasteiger partial charge in [-0.25, -0.2) is 9.78 Å². The Balaban J connectivity index is 1.85. The summed E-state index contributed by atoms with van der Waals surface area (Å²) in [5, 5.41) is 12.1. The number of carbonyl (C=O) groups is 1. The van der Waals surface area contributed by atoms with Crippen molar-refractivity contribution in [3.63, 3.8) is 0 Å². The van der Waals surface area contributed by atoms with Crippen molar-refractivity contribution < 1.29 is 9.90 Å². The summed E-state index contributed by atoms with van der Waals surface area (Å²) in [7, 11) is 0. The predicted octanol–water partition coefficient (Wildman–Crippen LogP) is 2.92. The summed E-state index contributed by atoms with van der Waals surface area (Å²) in [4.78, 5) is 17.7. The first-order valence-corrected chi connectivity index (χ1v) is 7.09. The molecule has 0 bridgehead atoms. The van der Waals surface area contributed by atoms with Crippen molar-refractivity contribution in [1.82, 2.24) is 4.98 Å². The number of carboxylic acid groups (broad SMARTS) is 1. The van der Waals surface area contributed by atoms with Crippen LogP contribution in [0.4, 0.5) is 5.13 Å². The third-order valence-electron chi connectivity index (χ3n) is 3.35. The maximum Gasteiger partial charge on any atom is 0.335 e. The van der Waals surface area contributed by atoms with E-state index in [1.54, 1.807) is 23.5 Å². The molecular formula is C14H14N2O2S. The van der Waals surface area contributed by atoms with Crippen molar-refractivity contribution in [3.8, 4) is 0 Å². The van der Waals surface area contributed by atoms with Gasteiger partial charge in [0.1, 0.15) is 0 Å². The fourth-order valence-electron chi connectivity index (χ4n) is 2.27. The fourth-order valence-corrected chi connectivity index (χ4v) is 3.18. The molecule has 0 radical (unpaired) electrons. The van der Waals surface area contributed by atoms with E-state index in [0.717, 1.165) is 35.9 Å². The smallest absolute Gasteiger partial charge is 0.335 e. The van der Waals surface area contributed by atoms with Crippen LogP contribution in [-0.4, -0.2) is 16.1 Å². The molecule has 0 atom stereocenters. The number of nitrogens with zero attached hydrogens (tertiary/aromatic N) is 2. The van der Waals surface area contributed by atoms with Crippen LogP contribution in [0.15, 0.2) is 23.6 Å². The zero-order valence-electron chi connectivity index (χ0n) is 10.6. The highest BCUT2D eigenvalue weighted by molar-refractivity contribution is 7.13. The molecule has 0 fully saturated rings. The van der Waals surface area contributed by atoms with Crippen LogP contribution in [0.2, 0.25) is 0 Å².